The van der Waals surface area contributed by atoms with E-state index in [4.69, 9.17) is 9.47 Å². The lowest BCUT2D eigenvalue weighted by Gasteiger charge is -2.18. The van der Waals surface area contributed by atoms with Gasteiger partial charge in [0.15, 0.2) is 0 Å². The van der Waals surface area contributed by atoms with Gasteiger partial charge in [-0.1, -0.05) is 37.3 Å². The van der Waals surface area contributed by atoms with Gasteiger partial charge in [-0.05, 0) is 56.5 Å². The third-order valence-electron chi connectivity index (χ3n) is 4.29. The molecule has 2 heteroatoms. The van der Waals surface area contributed by atoms with Crippen molar-refractivity contribution >= 4 is 10.8 Å². The molecule has 0 radical (unpaired) electrons. The Labute approximate surface area is 134 Å². The van der Waals surface area contributed by atoms with Crippen LogP contribution in [0.15, 0.2) is 36.4 Å². The molecular weight excluding hydrogens is 272 g/mol. The molecule has 0 amide bonds. The zero-order valence-electron chi connectivity index (χ0n) is 14.3. The number of methoxy groups -OCH3 is 1. The molecule has 0 heterocycles. The lowest BCUT2D eigenvalue weighted by atomic mass is 9.99. The van der Waals surface area contributed by atoms with Crippen LogP contribution in [0.5, 0.6) is 5.75 Å². The Hall–Kier alpha value is -1.54. The van der Waals surface area contributed by atoms with Crippen molar-refractivity contribution in [3.05, 3.63) is 42.0 Å². The molecule has 2 rings (SSSR count). The Morgan fingerprint density at radius 1 is 0.955 bits per heavy atom. The van der Waals surface area contributed by atoms with Gasteiger partial charge in [0.2, 0.25) is 0 Å². The van der Waals surface area contributed by atoms with Crippen molar-refractivity contribution in [1.82, 2.24) is 0 Å². The minimum atomic E-state index is 0.333. The van der Waals surface area contributed by atoms with Crippen LogP contribution in [0.25, 0.3) is 10.8 Å². The van der Waals surface area contributed by atoms with Crippen LogP contribution < -0.4 is 4.74 Å². The van der Waals surface area contributed by atoms with E-state index in [0.29, 0.717) is 12.2 Å². The van der Waals surface area contributed by atoms with E-state index in [9.17, 15) is 0 Å². The second-order valence-corrected chi connectivity index (χ2v) is 6.03. The molecule has 0 bridgehead atoms. The molecule has 0 aromatic heterocycles. The van der Waals surface area contributed by atoms with Crippen LogP contribution >= 0.6 is 0 Å². The third-order valence-corrected chi connectivity index (χ3v) is 4.29. The number of fused-ring (bicyclic) bond motifs is 1. The van der Waals surface area contributed by atoms with Crippen LogP contribution in [0, 0.1) is 0 Å². The highest BCUT2D eigenvalue weighted by atomic mass is 16.5. The molecule has 0 aliphatic rings. The van der Waals surface area contributed by atoms with Gasteiger partial charge in [-0.25, -0.2) is 0 Å². The average Bonchev–Trinajstić information content (AvgIpc) is 2.54. The molecule has 0 saturated carbocycles. The minimum absolute atomic E-state index is 0.333. The van der Waals surface area contributed by atoms with Crippen molar-refractivity contribution in [1.29, 1.82) is 0 Å². The molecule has 120 valence electrons. The predicted octanol–water partition coefficient (Wildman–Crippen LogP) is 5.37. The monoisotopic (exact) mass is 300 g/mol. The highest BCUT2D eigenvalue weighted by molar-refractivity contribution is 5.91. The van der Waals surface area contributed by atoms with Crippen molar-refractivity contribution < 1.29 is 9.47 Å². The molecule has 0 saturated heterocycles. The fourth-order valence-electron chi connectivity index (χ4n) is 2.87. The van der Waals surface area contributed by atoms with Crippen LogP contribution in [0.1, 0.15) is 45.6 Å². The molecule has 0 aliphatic heterocycles. The molecule has 2 aromatic rings. The van der Waals surface area contributed by atoms with E-state index in [-0.39, 0.29) is 0 Å². The Balaban J connectivity index is 2.00. The smallest absolute Gasteiger partial charge is 0.126 e. The van der Waals surface area contributed by atoms with Gasteiger partial charge in [0, 0.05) is 5.39 Å². The van der Waals surface area contributed by atoms with E-state index < -0.39 is 0 Å². The van der Waals surface area contributed by atoms with Gasteiger partial charge in [-0.15, -0.1) is 0 Å². The summed E-state index contributed by atoms with van der Waals surface area (Å²) in [5.41, 5.74) is 1.40. The first-order chi connectivity index (χ1) is 10.7. The van der Waals surface area contributed by atoms with Gasteiger partial charge in [0.1, 0.15) is 5.75 Å². The van der Waals surface area contributed by atoms with Crippen LogP contribution in [0.3, 0.4) is 0 Å². The van der Waals surface area contributed by atoms with Gasteiger partial charge in [-0.2, -0.15) is 0 Å². The summed E-state index contributed by atoms with van der Waals surface area (Å²) in [5.74, 6) is 0.952. The van der Waals surface area contributed by atoms with E-state index in [1.54, 1.807) is 7.11 Å². The van der Waals surface area contributed by atoms with E-state index in [1.807, 2.05) is 0 Å². The molecule has 0 N–H and O–H groups in total. The van der Waals surface area contributed by atoms with Gasteiger partial charge < -0.3 is 9.47 Å². The molecule has 22 heavy (non-hydrogen) atoms. The van der Waals surface area contributed by atoms with E-state index in [1.165, 1.54) is 16.3 Å². The van der Waals surface area contributed by atoms with Gasteiger partial charge in [0.25, 0.3) is 0 Å². The molecule has 2 unspecified atom stereocenters. The Kier molecular flexibility index (Phi) is 6.26. The van der Waals surface area contributed by atoms with Crippen molar-refractivity contribution in [2.45, 2.75) is 58.7 Å². The average molecular weight is 300 g/mol. The fraction of sp³-hybridized carbons (Fsp3) is 0.500. The van der Waals surface area contributed by atoms with Gasteiger partial charge in [-0.3, -0.25) is 0 Å². The minimum Gasteiger partial charge on any atom is -0.496 e. The summed E-state index contributed by atoms with van der Waals surface area (Å²) in [6.07, 6.45) is 5.10. The first-order valence-electron chi connectivity index (χ1n) is 8.35. The first kappa shape index (κ1) is 16.8. The second kappa shape index (κ2) is 8.19. The maximum absolute atomic E-state index is 5.94. The quantitative estimate of drug-likeness (QED) is 0.652. The maximum Gasteiger partial charge on any atom is 0.126 e. The highest BCUT2D eigenvalue weighted by Gasteiger charge is 2.09. The molecule has 2 atom stereocenters. The Morgan fingerprint density at radius 3 is 2.36 bits per heavy atom. The van der Waals surface area contributed by atoms with E-state index >= 15 is 0 Å². The predicted molar refractivity (Wildman–Crippen MR) is 93.7 cm³/mol. The molecule has 2 aromatic carbocycles. The molecule has 0 spiro atoms. The van der Waals surface area contributed by atoms with Crippen molar-refractivity contribution in [3.63, 3.8) is 0 Å². The number of rotatable bonds is 8. The summed E-state index contributed by atoms with van der Waals surface area (Å²) >= 11 is 0. The van der Waals surface area contributed by atoms with Crippen LogP contribution in [0.4, 0.5) is 0 Å². The van der Waals surface area contributed by atoms with Gasteiger partial charge >= 0.3 is 0 Å². The third kappa shape index (κ3) is 4.23. The van der Waals surface area contributed by atoms with Crippen molar-refractivity contribution in [2.75, 3.05) is 7.11 Å². The van der Waals surface area contributed by atoms with E-state index in [2.05, 4.69) is 57.2 Å². The SMILES string of the molecule is CCC(C)OC(C)CCCc1ccc(OC)c2ccccc12. The summed E-state index contributed by atoms with van der Waals surface area (Å²) in [6, 6.07) is 12.8. The summed E-state index contributed by atoms with van der Waals surface area (Å²) < 4.78 is 11.4. The zero-order valence-corrected chi connectivity index (χ0v) is 14.3. The molecule has 0 fully saturated rings. The first-order valence-corrected chi connectivity index (χ1v) is 8.35. The van der Waals surface area contributed by atoms with Crippen LogP contribution in [-0.2, 0) is 11.2 Å². The standard InChI is InChI=1S/C20H28O2/c1-5-15(2)22-16(3)9-8-10-17-13-14-20(21-4)19-12-7-6-11-18(17)19/h6-7,11-16H,5,8-10H2,1-4H3. The van der Waals surface area contributed by atoms with E-state index in [0.717, 1.165) is 31.4 Å². The number of hydrogen-bond acceptors (Lipinski definition) is 2. The molecule has 0 aliphatic carbocycles. The number of benzene rings is 2. The lowest BCUT2D eigenvalue weighted by molar-refractivity contribution is 0.00171. The number of hydrogen-bond donors (Lipinski definition) is 0. The number of ether oxygens (including phenoxy) is 2. The summed E-state index contributed by atoms with van der Waals surface area (Å²) in [4.78, 5) is 0. The summed E-state index contributed by atoms with van der Waals surface area (Å²) in [7, 11) is 1.73. The second-order valence-electron chi connectivity index (χ2n) is 6.03. The highest BCUT2D eigenvalue weighted by Crippen LogP contribution is 2.29. The zero-order chi connectivity index (χ0) is 15.9. The van der Waals surface area contributed by atoms with Crippen LogP contribution in [0.2, 0.25) is 0 Å². The maximum atomic E-state index is 5.94. The fourth-order valence-corrected chi connectivity index (χ4v) is 2.87. The summed E-state index contributed by atoms with van der Waals surface area (Å²) in [6.45, 7) is 6.49. The largest absolute Gasteiger partial charge is 0.496 e. The van der Waals surface area contributed by atoms with Crippen molar-refractivity contribution in [3.8, 4) is 5.75 Å². The lowest BCUT2D eigenvalue weighted by Crippen LogP contribution is -2.16. The van der Waals surface area contributed by atoms with Crippen LogP contribution in [-0.4, -0.2) is 19.3 Å². The molecule has 2 nitrogen and oxygen atoms in total. The Morgan fingerprint density at radius 2 is 1.68 bits per heavy atom. The number of aryl methyl sites for hydroxylation is 1. The van der Waals surface area contributed by atoms with Gasteiger partial charge in [0.05, 0.1) is 19.3 Å². The molecular formula is C20H28O2. The topological polar surface area (TPSA) is 18.5 Å². The normalized spacial score (nSPS) is 14.0. The summed E-state index contributed by atoms with van der Waals surface area (Å²) in [5, 5.41) is 2.50. The van der Waals surface area contributed by atoms with Crippen molar-refractivity contribution in [2.24, 2.45) is 0 Å². The Bertz CT molecular complexity index is 591.